The van der Waals surface area contributed by atoms with Crippen molar-refractivity contribution in [2.24, 2.45) is 5.73 Å². The molecule has 0 saturated heterocycles. The summed E-state index contributed by atoms with van der Waals surface area (Å²) >= 11 is 0. The van der Waals surface area contributed by atoms with Gasteiger partial charge in [-0.1, -0.05) is 0 Å². The summed E-state index contributed by atoms with van der Waals surface area (Å²) in [5, 5.41) is -0.384. The van der Waals surface area contributed by atoms with E-state index in [1.165, 1.54) is 0 Å². The van der Waals surface area contributed by atoms with E-state index in [4.69, 9.17) is 10.5 Å². The second-order valence-corrected chi connectivity index (χ2v) is 8.02. The predicted molar refractivity (Wildman–Crippen MR) is 80.7 cm³/mol. The zero-order valence-electron chi connectivity index (χ0n) is 12.6. The Labute approximate surface area is 121 Å². The molecule has 0 fully saturated rings. The molecular formula is C14H24N2O3S. The van der Waals surface area contributed by atoms with Gasteiger partial charge in [0, 0.05) is 18.2 Å². The summed E-state index contributed by atoms with van der Waals surface area (Å²) < 4.78 is 29.0. The number of rotatable bonds is 7. The van der Waals surface area contributed by atoms with Gasteiger partial charge in [0.25, 0.3) is 0 Å². The normalized spacial score (nSPS) is 13.5. The number of hydrogen-bond acceptors (Lipinski definition) is 5. The Morgan fingerprint density at radius 2 is 1.95 bits per heavy atom. The molecule has 1 rings (SSSR count). The van der Waals surface area contributed by atoms with Crippen LogP contribution in [0.1, 0.15) is 32.2 Å². The number of aryl methyl sites for hydroxylation is 1. The van der Waals surface area contributed by atoms with E-state index < -0.39 is 9.84 Å². The Morgan fingerprint density at radius 3 is 2.50 bits per heavy atom. The van der Waals surface area contributed by atoms with Gasteiger partial charge in [-0.3, -0.25) is 4.98 Å². The van der Waals surface area contributed by atoms with Gasteiger partial charge in [0.15, 0.2) is 9.84 Å². The Hall–Kier alpha value is -1.14. The molecule has 0 bridgehead atoms. The van der Waals surface area contributed by atoms with Crippen LogP contribution in [0.2, 0.25) is 0 Å². The quantitative estimate of drug-likeness (QED) is 0.825. The van der Waals surface area contributed by atoms with Crippen molar-refractivity contribution < 1.29 is 13.2 Å². The van der Waals surface area contributed by atoms with E-state index in [0.717, 1.165) is 11.4 Å². The molecule has 5 nitrogen and oxygen atoms in total. The lowest BCUT2D eigenvalue weighted by Crippen LogP contribution is -2.23. The van der Waals surface area contributed by atoms with Crippen LogP contribution in [-0.4, -0.2) is 37.1 Å². The molecular weight excluding hydrogens is 276 g/mol. The highest BCUT2D eigenvalue weighted by Gasteiger charge is 2.16. The molecule has 0 aromatic carbocycles. The topological polar surface area (TPSA) is 82.3 Å². The Balaban J connectivity index is 2.73. The lowest BCUT2D eigenvalue weighted by atomic mass is 10.1. The van der Waals surface area contributed by atoms with Crippen LogP contribution >= 0.6 is 0 Å². The molecule has 0 saturated carbocycles. The number of aromatic nitrogens is 1. The average Bonchev–Trinajstić information content (AvgIpc) is 2.30. The number of nitrogens with two attached hydrogens (primary N) is 1. The minimum atomic E-state index is -3.08. The summed E-state index contributed by atoms with van der Waals surface area (Å²) in [7, 11) is -3.08. The zero-order chi connectivity index (χ0) is 15.3. The van der Waals surface area contributed by atoms with Gasteiger partial charge in [-0.25, -0.2) is 8.42 Å². The van der Waals surface area contributed by atoms with Gasteiger partial charge >= 0.3 is 0 Å². The summed E-state index contributed by atoms with van der Waals surface area (Å²) in [4.78, 5) is 4.41. The number of sulfone groups is 1. The third kappa shape index (κ3) is 5.09. The summed E-state index contributed by atoms with van der Waals surface area (Å²) in [6, 6.07) is 3.64. The highest BCUT2D eigenvalue weighted by molar-refractivity contribution is 7.91. The van der Waals surface area contributed by atoms with Crippen molar-refractivity contribution in [3.8, 4) is 5.75 Å². The summed E-state index contributed by atoms with van der Waals surface area (Å²) in [5.74, 6) is 0.628. The molecule has 0 aliphatic heterocycles. The van der Waals surface area contributed by atoms with E-state index in [1.54, 1.807) is 13.8 Å². The maximum absolute atomic E-state index is 11.7. The van der Waals surface area contributed by atoms with Crippen LogP contribution in [0.3, 0.4) is 0 Å². The number of ether oxygens (including phenoxy) is 1. The number of nitrogens with zero attached hydrogens (tertiary/aromatic N) is 1. The fourth-order valence-corrected chi connectivity index (χ4v) is 2.47. The van der Waals surface area contributed by atoms with Crippen LogP contribution in [0.15, 0.2) is 12.1 Å². The largest absolute Gasteiger partial charge is 0.491 e. The van der Waals surface area contributed by atoms with Crippen LogP contribution in [0.4, 0.5) is 0 Å². The lowest BCUT2D eigenvalue weighted by molar-refractivity contribution is 0.334. The van der Waals surface area contributed by atoms with Crippen molar-refractivity contribution in [2.75, 3.05) is 12.4 Å². The Kier molecular flexibility index (Phi) is 5.95. The van der Waals surface area contributed by atoms with Crippen LogP contribution in [0.25, 0.3) is 0 Å². The standard InChI is InChI=1S/C14H24N2O3S/c1-10(2)20(17,18)8-7-19-14-6-5-12(4)16-13(14)9-11(3)15/h5-6,10-11H,7-9,15H2,1-4H3. The van der Waals surface area contributed by atoms with E-state index in [2.05, 4.69) is 4.98 Å². The predicted octanol–water partition coefficient (Wildman–Crippen LogP) is 1.48. The molecule has 20 heavy (non-hydrogen) atoms. The maximum atomic E-state index is 11.7. The number of pyridine rings is 1. The van der Waals surface area contributed by atoms with Crippen LogP contribution in [-0.2, 0) is 16.3 Å². The summed E-state index contributed by atoms with van der Waals surface area (Å²) in [6.45, 7) is 7.28. The first-order valence-corrected chi connectivity index (χ1v) is 8.50. The second-order valence-electron chi connectivity index (χ2n) is 5.34. The van der Waals surface area contributed by atoms with Gasteiger partial charge in [0.1, 0.15) is 12.4 Å². The van der Waals surface area contributed by atoms with E-state index >= 15 is 0 Å². The molecule has 114 valence electrons. The Morgan fingerprint density at radius 1 is 1.30 bits per heavy atom. The smallest absolute Gasteiger partial charge is 0.155 e. The molecule has 0 radical (unpaired) electrons. The Bertz CT molecular complexity index is 539. The first kappa shape index (κ1) is 16.9. The van der Waals surface area contributed by atoms with Gasteiger partial charge in [-0.2, -0.15) is 0 Å². The minimum absolute atomic E-state index is 0.0101. The molecule has 1 aromatic rings. The van der Waals surface area contributed by atoms with Gasteiger partial charge in [0.2, 0.25) is 0 Å². The van der Waals surface area contributed by atoms with Gasteiger partial charge in [-0.15, -0.1) is 0 Å². The van der Waals surface area contributed by atoms with E-state index in [9.17, 15) is 8.42 Å². The molecule has 1 heterocycles. The lowest BCUT2D eigenvalue weighted by Gasteiger charge is -2.14. The monoisotopic (exact) mass is 300 g/mol. The molecule has 0 spiro atoms. The maximum Gasteiger partial charge on any atom is 0.155 e. The first-order chi connectivity index (χ1) is 9.22. The zero-order valence-corrected chi connectivity index (χ0v) is 13.4. The average molecular weight is 300 g/mol. The summed E-state index contributed by atoms with van der Waals surface area (Å²) in [6.07, 6.45) is 0.605. The highest BCUT2D eigenvalue weighted by Crippen LogP contribution is 2.18. The van der Waals surface area contributed by atoms with Crippen molar-refractivity contribution in [3.63, 3.8) is 0 Å². The van der Waals surface area contributed by atoms with Crippen LogP contribution in [0.5, 0.6) is 5.75 Å². The van der Waals surface area contributed by atoms with Crippen molar-refractivity contribution in [3.05, 3.63) is 23.5 Å². The molecule has 6 heteroatoms. The molecule has 1 atom stereocenters. The van der Waals surface area contributed by atoms with Crippen LogP contribution in [0, 0.1) is 6.92 Å². The third-order valence-corrected chi connectivity index (χ3v) is 5.10. The van der Waals surface area contributed by atoms with Gasteiger partial charge in [-0.05, 0) is 39.8 Å². The number of hydrogen-bond donors (Lipinski definition) is 1. The molecule has 2 N–H and O–H groups in total. The second kappa shape index (κ2) is 7.04. The van der Waals surface area contributed by atoms with Crippen molar-refractivity contribution in [2.45, 2.75) is 45.4 Å². The fraction of sp³-hybridized carbons (Fsp3) is 0.643. The molecule has 0 amide bonds. The highest BCUT2D eigenvalue weighted by atomic mass is 32.2. The van der Waals surface area contributed by atoms with E-state index in [0.29, 0.717) is 12.2 Å². The van der Waals surface area contributed by atoms with Crippen molar-refractivity contribution >= 4 is 9.84 Å². The molecule has 1 aromatic heterocycles. The molecule has 1 unspecified atom stereocenters. The first-order valence-electron chi connectivity index (χ1n) is 6.79. The molecule has 0 aliphatic rings. The van der Waals surface area contributed by atoms with Crippen molar-refractivity contribution in [1.29, 1.82) is 0 Å². The third-order valence-electron chi connectivity index (χ3n) is 2.93. The molecule has 0 aliphatic carbocycles. The minimum Gasteiger partial charge on any atom is -0.491 e. The van der Waals surface area contributed by atoms with E-state index in [1.807, 2.05) is 26.0 Å². The fourth-order valence-electron chi connectivity index (χ4n) is 1.68. The SMILES string of the molecule is Cc1ccc(OCCS(=O)(=O)C(C)C)c(CC(C)N)n1. The van der Waals surface area contributed by atoms with Crippen LogP contribution < -0.4 is 10.5 Å². The van der Waals surface area contributed by atoms with Gasteiger partial charge in [0.05, 0.1) is 16.7 Å². The van der Waals surface area contributed by atoms with Crippen molar-refractivity contribution in [1.82, 2.24) is 4.98 Å². The van der Waals surface area contributed by atoms with E-state index in [-0.39, 0.29) is 23.7 Å². The van der Waals surface area contributed by atoms with Gasteiger partial charge < -0.3 is 10.5 Å². The summed E-state index contributed by atoms with van der Waals surface area (Å²) in [5.41, 5.74) is 7.46.